The Kier molecular flexibility index (Phi) is 4.51. The van der Waals surface area contributed by atoms with Crippen LogP contribution in [0.25, 0.3) is 17.4 Å². The lowest BCUT2D eigenvalue weighted by molar-refractivity contribution is 0.0950. The van der Waals surface area contributed by atoms with Crippen molar-refractivity contribution in [1.29, 1.82) is 0 Å². The lowest BCUT2D eigenvalue weighted by atomic mass is 10.2. The molecule has 0 radical (unpaired) electrons. The Balaban J connectivity index is 1.55. The number of hydrogen-bond acceptors (Lipinski definition) is 7. The zero-order chi connectivity index (χ0) is 18.8. The van der Waals surface area contributed by atoms with E-state index in [9.17, 15) is 4.79 Å². The third kappa shape index (κ3) is 3.49. The Bertz CT molecular complexity index is 1080. The lowest BCUT2D eigenvalue weighted by Crippen LogP contribution is -2.23. The Labute approximate surface area is 158 Å². The van der Waals surface area contributed by atoms with E-state index < -0.39 is 0 Å². The van der Waals surface area contributed by atoms with Crippen LogP contribution >= 0.6 is 11.3 Å². The SMILES string of the molecule is Cc1csc(CNC(=O)c2cnn(-c3nccc(-c4ccco4)n3)c2C)n1. The number of carbonyl (C=O) groups is 1. The van der Waals surface area contributed by atoms with Crippen molar-refractivity contribution in [2.75, 3.05) is 0 Å². The first-order valence-corrected chi connectivity index (χ1v) is 9.11. The van der Waals surface area contributed by atoms with Crippen LogP contribution < -0.4 is 5.32 Å². The molecule has 27 heavy (non-hydrogen) atoms. The van der Waals surface area contributed by atoms with Gasteiger partial charge in [0.2, 0.25) is 0 Å². The van der Waals surface area contributed by atoms with Crippen LogP contribution in [0.2, 0.25) is 0 Å². The summed E-state index contributed by atoms with van der Waals surface area (Å²) in [6.07, 6.45) is 4.73. The van der Waals surface area contributed by atoms with Crippen molar-refractivity contribution in [3.8, 4) is 17.4 Å². The minimum Gasteiger partial charge on any atom is -0.463 e. The molecule has 0 unspecified atom stereocenters. The Morgan fingerprint density at radius 1 is 1.30 bits per heavy atom. The maximum atomic E-state index is 12.5. The van der Waals surface area contributed by atoms with Gasteiger partial charge >= 0.3 is 0 Å². The smallest absolute Gasteiger partial charge is 0.255 e. The van der Waals surface area contributed by atoms with E-state index in [-0.39, 0.29) is 5.91 Å². The second-order valence-corrected chi connectivity index (χ2v) is 6.78. The zero-order valence-electron chi connectivity index (χ0n) is 14.7. The molecular weight excluding hydrogens is 364 g/mol. The van der Waals surface area contributed by atoms with Gasteiger partial charge in [0.15, 0.2) is 5.76 Å². The molecule has 0 atom stereocenters. The first-order chi connectivity index (χ1) is 13.1. The van der Waals surface area contributed by atoms with E-state index in [0.29, 0.717) is 35.2 Å². The van der Waals surface area contributed by atoms with Crippen LogP contribution in [0.15, 0.2) is 46.7 Å². The van der Waals surface area contributed by atoms with Crippen molar-refractivity contribution in [2.45, 2.75) is 20.4 Å². The number of aromatic nitrogens is 5. The summed E-state index contributed by atoms with van der Waals surface area (Å²) in [5.41, 5.74) is 2.71. The van der Waals surface area contributed by atoms with Gasteiger partial charge in [-0.3, -0.25) is 4.79 Å². The standard InChI is InChI=1S/C18H16N6O2S/c1-11-10-27-16(22-11)9-20-17(25)13-8-21-24(12(13)2)18-19-6-5-14(23-18)15-4-3-7-26-15/h3-8,10H,9H2,1-2H3,(H,20,25). The molecule has 0 spiro atoms. The van der Waals surface area contributed by atoms with Crippen LogP contribution in [0.4, 0.5) is 0 Å². The Morgan fingerprint density at radius 3 is 2.93 bits per heavy atom. The van der Waals surface area contributed by atoms with Crippen molar-refractivity contribution in [2.24, 2.45) is 0 Å². The summed E-state index contributed by atoms with van der Waals surface area (Å²) in [5.74, 6) is 0.796. The summed E-state index contributed by atoms with van der Waals surface area (Å²) in [5, 5.41) is 9.96. The molecule has 4 aromatic heterocycles. The van der Waals surface area contributed by atoms with E-state index in [0.717, 1.165) is 10.7 Å². The average molecular weight is 380 g/mol. The quantitative estimate of drug-likeness (QED) is 0.571. The summed E-state index contributed by atoms with van der Waals surface area (Å²) in [6.45, 7) is 4.11. The molecule has 0 saturated heterocycles. The fourth-order valence-corrected chi connectivity index (χ4v) is 3.29. The van der Waals surface area contributed by atoms with Gasteiger partial charge in [-0.2, -0.15) is 5.10 Å². The van der Waals surface area contributed by atoms with Crippen molar-refractivity contribution in [3.05, 3.63) is 64.2 Å². The van der Waals surface area contributed by atoms with E-state index in [1.165, 1.54) is 22.2 Å². The molecule has 0 saturated carbocycles. The van der Waals surface area contributed by atoms with Crippen molar-refractivity contribution in [1.82, 2.24) is 30.0 Å². The Hall–Kier alpha value is -3.33. The first kappa shape index (κ1) is 17.1. The molecule has 4 heterocycles. The highest BCUT2D eigenvalue weighted by Crippen LogP contribution is 2.19. The molecule has 9 heteroatoms. The number of hydrogen-bond donors (Lipinski definition) is 1. The summed E-state index contributed by atoms with van der Waals surface area (Å²) in [4.78, 5) is 25.6. The number of nitrogens with one attached hydrogen (secondary N) is 1. The second kappa shape index (κ2) is 7.12. The Morgan fingerprint density at radius 2 is 2.19 bits per heavy atom. The minimum absolute atomic E-state index is 0.214. The van der Waals surface area contributed by atoms with Crippen LogP contribution in [0.3, 0.4) is 0 Å². The molecule has 8 nitrogen and oxygen atoms in total. The van der Waals surface area contributed by atoms with Gasteiger partial charge in [0.05, 0.1) is 30.3 Å². The monoisotopic (exact) mass is 380 g/mol. The van der Waals surface area contributed by atoms with Crippen molar-refractivity contribution >= 4 is 17.2 Å². The first-order valence-electron chi connectivity index (χ1n) is 8.23. The molecule has 0 aliphatic heterocycles. The van der Waals surface area contributed by atoms with Crippen LogP contribution in [-0.2, 0) is 6.54 Å². The molecule has 0 fully saturated rings. The van der Waals surface area contributed by atoms with E-state index in [1.807, 2.05) is 18.4 Å². The van der Waals surface area contributed by atoms with Gasteiger partial charge < -0.3 is 9.73 Å². The largest absolute Gasteiger partial charge is 0.463 e. The fourth-order valence-electron chi connectivity index (χ4n) is 2.58. The third-order valence-corrected chi connectivity index (χ3v) is 4.89. The van der Waals surface area contributed by atoms with Gasteiger partial charge in [0.1, 0.15) is 10.7 Å². The number of aryl methyl sites for hydroxylation is 1. The third-order valence-electron chi connectivity index (χ3n) is 3.93. The molecule has 0 aromatic carbocycles. The van der Waals surface area contributed by atoms with Crippen LogP contribution in [0.1, 0.15) is 26.8 Å². The molecule has 0 aliphatic rings. The highest BCUT2D eigenvalue weighted by molar-refractivity contribution is 7.09. The van der Waals surface area contributed by atoms with Gasteiger partial charge in [0, 0.05) is 17.3 Å². The summed E-state index contributed by atoms with van der Waals surface area (Å²) in [6, 6.07) is 5.37. The topological polar surface area (TPSA) is 98.7 Å². The fraction of sp³-hybridized carbons (Fsp3) is 0.167. The number of amides is 1. The zero-order valence-corrected chi connectivity index (χ0v) is 15.5. The molecule has 4 rings (SSSR count). The predicted molar refractivity (Wildman–Crippen MR) is 99.6 cm³/mol. The minimum atomic E-state index is -0.214. The molecular formula is C18H16N6O2S. The normalized spacial score (nSPS) is 10.9. The number of carbonyl (C=O) groups excluding carboxylic acids is 1. The van der Waals surface area contributed by atoms with Crippen LogP contribution in [0, 0.1) is 13.8 Å². The maximum absolute atomic E-state index is 12.5. The average Bonchev–Trinajstić information content (AvgIpc) is 3.41. The van der Waals surface area contributed by atoms with E-state index >= 15 is 0 Å². The van der Waals surface area contributed by atoms with Crippen molar-refractivity contribution < 1.29 is 9.21 Å². The van der Waals surface area contributed by atoms with Gasteiger partial charge in [-0.05, 0) is 32.0 Å². The van der Waals surface area contributed by atoms with E-state index in [1.54, 1.807) is 31.5 Å². The summed E-state index contributed by atoms with van der Waals surface area (Å²) in [7, 11) is 0. The van der Waals surface area contributed by atoms with E-state index in [4.69, 9.17) is 4.42 Å². The highest BCUT2D eigenvalue weighted by atomic mass is 32.1. The lowest BCUT2D eigenvalue weighted by Gasteiger charge is -2.05. The molecule has 136 valence electrons. The number of nitrogens with zero attached hydrogens (tertiary/aromatic N) is 5. The molecule has 4 aromatic rings. The van der Waals surface area contributed by atoms with Crippen molar-refractivity contribution in [3.63, 3.8) is 0 Å². The van der Waals surface area contributed by atoms with Crippen LogP contribution in [-0.4, -0.2) is 30.6 Å². The second-order valence-electron chi connectivity index (χ2n) is 5.84. The number of thiazole rings is 1. The summed E-state index contributed by atoms with van der Waals surface area (Å²) < 4.78 is 6.91. The van der Waals surface area contributed by atoms with E-state index in [2.05, 4.69) is 25.4 Å². The highest BCUT2D eigenvalue weighted by Gasteiger charge is 2.17. The molecule has 0 bridgehead atoms. The number of rotatable bonds is 5. The predicted octanol–water partition coefficient (Wildman–Crippen LogP) is 2.93. The van der Waals surface area contributed by atoms with Gasteiger partial charge in [-0.15, -0.1) is 11.3 Å². The summed E-state index contributed by atoms with van der Waals surface area (Å²) >= 11 is 1.52. The molecule has 1 amide bonds. The number of furan rings is 1. The molecule has 0 aliphatic carbocycles. The van der Waals surface area contributed by atoms with Gasteiger partial charge in [-0.1, -0.05) is 0 Å². The van der Waals surface area contributed by atoms with Crippen LogP contribution in [0.5, 0.6) is 0 Å². The molecule has 1 N–H and O–H groups in total. The van der Waals surface area contributed by atoms with Gasteiger partial charge in [-0.25, -0.2) is 19.6 Å². The maximum Gasteiger partial charge on any atom is 0.255 e. The van der Waals surface area contributed by atoms with Gasteiger partial charge in [0.25, 0.3) is 11.9 Å².